The van der Waals surface area contributed by atoms with Crippen LogP contribution in [0.5, 0.6) is 23.0 Å². The van der Waals surface area contributed by atoms with Crippen molar-refractivity contribution in [3.05, 3.63) is 135 Å². The Bertz CT molecular complexity index is 3140. The van der Waals surface area contributed by atoms with Crippen LogP contribution in [0, 0.1) is 18.3 Å². The molecule has 0 aliphatic carbocycles. The summed E-state index contributed by atoms with van der Waals surface area (Å²) < 4.78 is 24.5. The van der Waals surface area contributed by atoms with E-state index in [0.29, 0.717) is 60.6 Å². The van der Waals surface area contributed by atoms with Crippen molar-refractivity contribution in [1.82, 2.24) is 25.8 Å². The van der Waals surface area contributed by atoms with Crippen LogP contribution in [0.3, 0.4) is 0 Å². The van der Waals surface area contributed by atoms with E-state index in [0.717, 1.165) is 56.9 Å². The number of imide groups is 2. The number of anilines is 1. The summed E-state index contributed by atoms with van der Waals surface area (Å²) in [6, 6.07) is 27.6. The van der Waals surface area contributed by atoms with Crippen molar-refractivity contribution in [2.75, 3.05) is 38.2 Å². The number of hydrogen-bond donors (Lipinski definition) is 4. The number of nitriles is 1. The third kappa shape index (κ3) is 11.9. The Balaban J connectivity index is 0.796. The molecule has 2 unspecified atom stereocenters. The molecular formula is C56H54ClN7O11. The first-order valence-electron chi connectivity index (χ1n) is 24.8. The molecule has 4 aliphatic rings. The first kappa shape index (κ1) is 51.6. The molecule has 5 aromatic carbocycles. The molecule has 4 heterocycles. The average molecular weight is 1040 g/mol. The maximum Gasteiger partial charge on any atom is 0.264 e. The first-order valence-corrected chi connectivity index (χ1v) is 25.2. The van der Waals surface area contributed by atoms with Crippen LogP contribution in [-0.2, 0) is 43.7 Å². The second-order valence-corrected chi connectivity index (χ2v) is 19.0. The first-order chi connectivity index (χ1) is 36.3. The molecule has 2 atom stereocenters. The molecule has 9 rings (SSSR count). The van der Waals surface area contributed by atoms with E-state index in [9.17, 15) is 38.8 Å². The molecule has 5 aromatic rings. The van der Waals surface area contributed by atoms with Gasteiger partial charge in [-0.15, -0.1) is 0 Å². The lowest BCUT2D eigenvalue weighted by Crippen LogP contribution is -2.54. The number of benzene rings is 5. The molecule has 0 radical (unpaired) electrons. The monoisotopic (exact) mass is 1040 g/mol. The van der Waals surface area contributed by atoms with E-state index in [1.54, 1.807) is 30.3 Å². The van der Waals surface area contributed by atoms with Gasteiger partial charge in [0.15, 0.2) is 11.5 Å². The summed E-state index contributed by atoms with van der Waals surface area (Å²) in [4.78, 5) is 93.2. The van der Waals surface area contributed by atoms with Gasteiger partial charge in [-0.3, -0.25) is 48.7 Å². The zero-order valence-electron chi connectivity index (χ0n) is 41.1. The molecule has 4 aliphatic heterocycles. The third-order valence-corrected chi connectivity index (χ3v) is 13.9. The van der Waals surface area contributed by atoms with E-state index in [4.69, 9.17) is 30.5 Å². The van der Waals surface area contributed by atoms with Gasteiger partial charge in [0, 0.05) is 50.5 Å². The van der Waals surface area contributed by atoms with Gasteiger partial charge in [-0.2, -0.15) is 5.26 Å². The molecule has 19 heteroatoms. The van der Waals surface area contributed by atoms with Crippen LogP contribution in [-0.4, -0.2) is 96.1 Å². The highest BCUT2D eigenvalue weighted by Gasteiger charge is 2.46. The molecule has 0 saturated carbocycles. The van der Waals surface area contributed by atoms with E-state index in [-0.39, 0.29) is 74.7 Å². The predicted octanol–water partition coefficient (Wildman–Crippen LogP) is 6.52. The minimum Gasteiger partial charge on any atom is -0.488 e. The van der Waals surface area contributed by atoms with Gasteiger partial charge in [-0.1, -0.05) is 60.5 Å². The molecule has 4 N–H and O–H groups in total. The molecule has 0 aromatic heterocycles. The fourth-order valence-electron chi connectivity index (χ4n) is 9.70. The summed E-state index contributed by atoms with van der Waals surface area (Å²) in [6.07, 6.45) is 1.81. The van der Waals surface area contributed by atoms with Crippen LogP contribution in [0.1, 0.15) is 93.5 Å². The molecule has 18 nitrogen and oxygen atoms in total. The Morgan fingerprint density at radius 1 is 0.787 bits per heavy atom. The maximum absolute atomic E-state index is 13.8. The normalized spacial score (nSPS) is 17.1. The summed E-state index contributed by atoms with van der Waals surface area (Å²) in [6.45, 7) is 4.61. The smallest absolute Gasteiger partial charge is 0.264 e. The van der Waals surface area contributed by atoms with Crippen LogP contribution >= 0.6 is 11.6 Å². The predicted molar refractivity (Wildman–Crippen MR) is 274 cm³/mol. The van der Waals surface area contributed by atoms with Gasteiger partial charge in [0.25, 0.3) is 11.8 Å². The minimum absolute atomic E-state index is 0.0104. The maximum atomic E-state index is 13.8. The van der Waals surface area contributed by atoms with Gasteiger partial charge in [0.1, 0.15) is 44.0 Å². The Morgan fingerprint density at radius 3 is 2.37 bits per heavy atom. The van der Waals surface area contributed by atoms with Crippen LogP contribution in [0.25, 0.3) is 11.1 Å². The van der Waals surface area contributed by atoms with Crippen molar-refractivity contribution >= 4 is 58.6 Å². The number of carbonyl (C=O) groups is 7. The zero-order chi connectivity index (χ0) is 52.6. The number of nitrogens with zero attached hydrogens (tertiary/aromatic N) is 3. The van der Waals surface area contributed by atoms with Crippen LogP contribution < -0.4 is 40.2 Å². The molecule has 7 amide bonds. The largest absolute Gasteiger partial charge is 0.488 e. The molecule has 2 saturated heterocycles. The van der Waals surface area contributed by atoms with Crippen LogP contribution in [0.2, 0.25) is 5.02 Å². The number of halogens is 1. The van der Waals surface area contributed by atoms with Crippen molar-refractivity contribution in [1.29, 1.82) is 5.26 Å². The van der Waals surface area contributed by atoms with E-state index in [1.165, 1.54) is 18.2 Å². The molecule has 2 fully saturated rings. The highest BCUT2D eigenvalue weighted by Crippen LogP contribution is 2.39. The summed E-state index contributed by atoms with van der Waals surface area (Å²) in [5, 5.41) is 20.3. The summed E-state index contributed by atoms with van der Waals surface area (Å²) in [5.74, 6) is -1.61. The van der Waals surface area contributed by atoms with Gasteiger partial charge in [-0.05, 0) is 103 Å². The number of fused-ring (bicyclic) bond motifs is 2. The lowest BCUT2D eigenvalue weighted by molar-refractivity contribution is -0.136. The quantitative estimate of drug-likeness (QED) is 0.0541. The zero-order valence-corrected chi connectivity index (χ0v) is 41.9. The lowest BCUT2D eigenvalue weighted by Gasteiger charge is -2.35. The molecular weight excluding hydrogens is 982 g/mol. The highest BCUT2D eigenvalue weighted by molar-refractivity contribution is 6.32. The van der Waals surface area contributed by atoms with E-state index >= 15 is 0 Å². The third-order valence-electron chi connectivity index (χ3n) is 13.6. The number of piperidine rings is 2. The number of carbonyl (C=O) groups excluding carboxylic acids is 7. The highest BCUT2D eigenvalue weighted by atomic mass is 35.5. The molecule has 386 valence electrons. The van der Waals surface area contributed by atoms with Crippen LogP contribution in [0.4, 0.5) is 5.69 Å². The number of hydrogen-bond acceptors (Lipinski definition) is 13. The Labute approximate surface area is 437 Å². The van der Waals surface area contributed by atoms with Crippen molar-refractivity contribution in [2.45, 2.75) is 83.7 Å². The Morgan fingerprint density at radius 2 is 1.55 bits per heavy atom. The minimum atomic E-state index is -1.16. The Kier molecular flexibility index (Phi) is 16.0. The Hall–Kier alpha value is -8.27. The number of rotatable bonds is 18. The summed E-state index contributed by atoms with van der Waals surface area (Å²) in [5.41, 5.74) is 6.04. The standard InChI is InChI=1S/C56H54ClN7O11/c1-33-37(9-5-10-39(33)36-14-16-45-48(27-36)73-24-23-72-45)32-75-47-28-46(74-31-35-8-4-7-34(25-35)29-58)38(26-41(47)57)30-63-22-3-2-13-43(63)53(68)60-21-20-59-49(65)18-19-50(66)61-42-12-6-11-40-52(42)56(71)64(55(40)70)44-15-17-51(67)62-54(44)69/h4-12,14,16,25-28,43-44H,2-3,13,15,17-24,30-32H2,1H3,(H,59,65)(H,60,68)(H,61,66)(H,62,67,69). The van der Waals surface area contributed by atoms with Gasteiger partial charge < -0.3 is 34.9 Å². The van der Waals surface area contributed by atoms with Gasteiger partial charge in [-0.25, -0.2) is 0 Å². The van der Waals surface area contributed by atoms with E-state index in [2.05, 4.69) is 38.3 Å². The second kappa shape index (κ2) is 23.3. The van der Waals surface area contributed by atoms with Crippen molar-refractivity contribution in [3.63, 3.8) is 0 Å². The molecule has 75 heavy (non-hydrogen) atoms. The lowest BCUT2D eigenvalue weighted by atomic mass is 9.96. The van der Waals surface area contributed by atoms with Crippen molar-refractivity contribution < 1.29 is 52.5 Å². The van der Waals surface area contributed by atoms with E-state index in [1.807, 2.05) is 43.3 Å². The van der Waals surface area contributed by atoms with Crippen molar-refractivity contribution in [3.8, 4) is 40.2 Å². The molecule has 0 bridgehead atoms. The van der Waals surface area contributed by atoms with Crippen molar-refractivity contribution in [2.24, 2.45) is 0 Å². The second-order valence-electron chi connectivity index (χ2n) is 18.6. The number of likely N-dealkylation sites (tertiary alicyclic amines) is 1. The number of nitrogens with one attached hydrogen (secondary N) is 4. The SMILES string of the molecule is Cc1c(COc2cc(OCc3cccc(C#N)c3)c(CN3CCCCC3C(=O)NCCNC(=O)CCC(=O)Nc3cccc4c3C(=O)N(C3CCC(=O)NC3=O)C4=O)cc2Cl)cccc1-c1ccc2c(c1)OCCO2. The van der Waals surface area contributed by atoms with Gasteiger partial charge in [0.05, 0.1) is 39.5 Å². The van der Waals surface area contributed by atoms with Gasteiger partial charge in [0.2, 0.25) is 29.5 Å². The topological polar surface area (TPSA) is 235 Å². The van der Waals surface area contributed by atoms with Gasteiger partial charge >= 0.3 is 0 Å². The van der Waals surface area contributed by atoms with E-state index < -0.39 is 47.5 Å². The molecule has 0 spiro atoms. The summed E-state index contributed by atoms with van der Waals surface area (Å²) in [7, 11) is 0. The average Bonchev–Trinajstić information content (AvgIpc) is 3.68. The summed E-state index contributed by atoms with van der Waals surface area (Å²) >= 11 is 6.99. The van der Waals surface area contributed by atoms with Crippen LogP contribution in [0.15, 0.2) is 91.0 Å². The fraction of sp³-hybridized carbons (Fsp3) is 0.321. The number of ether oxygens (including phenoxy) is 4. The number of amides is 7. The fourth-order valence-corrected chi connectivity index (χ4v) is 9.94.